The highest BCUT2D eigenvalue weighted by atomic mass is 14.4. The SMILES string of the molecule is C1=C[C@H]2CCC[C@H]2[C@H]2CCC[C@H]12. The van der Waals surface area contributed by atoms with Crippen LogP contribution in [0.25, 0.3) is 0 Å². The Morgan fingerprint density at radius 1 is 0.667 bits per heavy atom. The normalized spacial score (nSPS) is 50.7. The highest BCUT2D eigenvalue weighted by Gasteiger charge is 2.40. The summed E-state index contributed by atoms with van der Waals surface area (Å²) in [5.74, 6) is 4.18. The lowest BCUT2D eigenvalue weighted by Crippen LogP contribution is -2.24. The first-order valence-corrected chi connectivity index (χ1v) is 5.63. The molecule has 3 aliphatic rings. The third-order valence-electron chi connectivity index (χ3n) is 4.41. The molecular weight excluding hydrogens is 144 g/mol. The highest BCUT2D eigenvalue weighted by Crippen LogP contribution is 2.50. The second kappa shape index (κ2) is 2.61. The van der Waals surface area contributed by atoms with Crippen LogP contribution in [0.2, 0.25) is 0 Å². The fraction of sp³-hybridized carbons (Fsp3) is 0.833. The van der Waals surface area contributed by atoms with Crippen LogP contribution in [-0.4, -0.2) is 0 Å². The second-order valence-corrected chi connectivity index (χ2v) is 4.90. The summed E-state index contributed by atoms with van der Waals surface area (Å²) in [5, 5.41) is 0. The molecule has 0 bridgehead atoms. The summed E-state index contributed by atoms with van der Waals surface area (Å²) in [5.41, 5.74) is 0. The summed E-state index contributed by atoms with van der Waals surface area (Å²) in [4.78, 5) is 0. The van der Waals surface area contributed by atoms with Gasteiger partial charge in [-0.1, -0.05) is 25.0 Å². The van der Waals surface area contributed by atoms with Crippen molar-refractivity contribution in [2.24, 2.45) is 23.7 Å². The third kappa shape index (κ3) is 0.901. The maximum Gasteiger partial charge on any atom is -0.0202 e. The van der Waals surface area contributed by atoms with Crippen molar-refractivity contribution in [1.29, 1.82) is 0 Å². The number of hydrogen-bond acceptors (Lipinski definition) is 0. The molecule has 4 atom stereocenters. The Morgan fingerprint density at radius 3 is 1.67 bits per heavy atom. The molecule has 0 radical (unpaired) electrons. The van der Waals surface area contributed by atoms with Crippen LogP contribution in [-0.2, 0) is 0 Å². The average molecular weight is 162 g/mol. The van der Waals surface area contributed by atoms with Gasteiger partial charge < -0.3 is 0 Å². The summed E-state index contributed by atoms with van der Waals surface area (Å²) < 4.78 is 0. The van der Waals surface area contributed by atoms with Gasteiger partial charge in [-0.15, -0.1) is 0 Å². The fourth-order valence-corrected chi connectivity index (χ4v) is 3.86. The molecule has 0 N–H and O–H groups in total. The molecule has 0 aliphatic heterocycles. The van der Waals surface area contributed by atoms with Crippen LogP contribution in [0.3, 0.4) is 0 Å². The third-order valence-corrected chi connectivity index (χ3v) is 4.41. The number of fused-ring (bicyclic) bond motifs is 3. The Balaban J connectivity index is 1.89. The van der Waals surface area contributed by atoms with Crippen LogP contribution in [0.4, 0.5) is 0 Å². The van der Waals surface area contributed by atoms with Crippen molar-refractivity contribution in [3.63, 3.8) is 0 Å². The van der Waals surface area contributed by atoms with Crippen molar-refractivity contribution < 1.29 is 0 Å². The first-order valence-electron chi connectivity index (χ1n) is 5.63. The molecular formula is C12H18. The molecule has 0 nitrogen and oxygen atoms in total. The van der Waals surface area contributed by atoms with E-state index in [2.05, 4.69) is 12.2 Å². The first-order chi connectivity index (χ1) is 5.95. The standard InChI is InChI=1S/C12H18/c1-3-9-7-8-10-4-2-6-12(10)11(9)5-1/h7-12H,1-6H2/t9-,10-,11-,12+/m1/s1. The van der Waals surface area contributed by atoms with Crippen LogP contribution in [0.1, 0.15) is 38.5 Å². The van der Waals surface area contributed by atoms with Crippen LogP contribution >= 0.6 is 0 Å². The van der Waals surface area contributed by atoms with Gasteiger partial charge in [0, 0.05) is 0 Å². The van der Waals surface area contributed by atoms with Gasteiger partial charge in [-0.05, 0) is 49.4 Å². The monoisotopic (exact) mass is 162 g/mol. The molecule has 3 aliphatic carbocycles. The highest BCUT2D eigenvalue weighted by molar-refractivity contribution is 5.08. The van der Waals surface area contributed by atoms with E-state index in [4.69, 9.17) is 0 Å². The summed E-state index contributed by atoms with van der Waals surface area (Å²) in [6.07, 6.45) is 14.2. The van der Waals surface area contributed by atoms with E-state index < -0.39 is 0 Å². The van der Waals surface area contributed by atoms with Crippen molar-refractivity contribution in [2.75, 3.05) is 0 Å². The van der Waals surface area contributed by atoms with Crippen molar-refractivity contribution in [2.45, 2.75) is 38.5 Å². The predicted molar refractivity (Wildman–Crippen MR) is 50.8 cm³/mol. The number of hydrogen-bond donors (Lipinski definition) is 0. The van der Waals surface area contributed by atoms with E-state index in [1.807, 2.05) is 0 Å². The minimum Gasteiger partial charge on any atom is -0.0848 e. The topological polar surface area (TPSA) is 0 Å². The molecule has 0 heterocycles. The van der Waals surface area contributed by atoms with E-state index in [0.29, 0.717) is 0 Å². The predicted octanol–water partition coefficient (Wildman–Crippen LogP) is 3.39. The summed E-state index contributed by atoms with van der Waals surface area (Å²) >= 11 is 0. The number of rotatable bonds is 0. The molecule has 0 aromatic rings. The summed E-state index contributed by atoms with van der Waals surface area (Å²) in [7, 11) is 0. The molecule has 2 fully saturated rings. The quantitative estimate of drug-likeness (QED) is 0.479. The van der Waals surface area contributed by atoms with Crippen LogP contribution in [0.5, 0.6) is 0 Å². The Hall–Kier alpha value is -0.260. The lowest BCUT2D eigenvalue weighted by molar-refractivity contribution is 0.244. The average Bonchev–Trinajstić information content (AvgIpc) is 2.71. The van der Waals surface area contributed by atoms with Crippen LogP contribution < -0.4 is 0 Å². The van der Waals surface area contributed by atoms with Gasteiger partial charge in [0.1, 0.15) is 0 Å². The Morgan fingerprint density at radius 2 is 1.17 bits per heavy atom. The first kappa shape index (κ1) is 7.17. The summed E-state index contributed by atoms with van der Waals surface area (Å²) in [6, 6.07) is 0. The molecule has 0 unspecified atom stereocenters. The van der Waals surface area contributed by atoms with E-state index in [0.717, 1.165) is 23.7 Å². The van der Waals surface area contributed by atoms with Gasteiger partial charge in [0.15, 0.2) is 0 Å². The molecule has 0 amide bonds. The maximum atomic E-state index is 2.55. The molecule has 0 aromatic carbocycles. The molecule has 2 saturated carbocycles. The Labute approximate surface area is 75.0 Å². The minimum absolute atomic E-state index is 0.990. The van der Waals surface area contributed by atoms with Crippen molar-refractivity contribution in [1.82, 2.24) is 0 Å². The maximum absolute atomic E-state index is 2.55. The molecule has 66 valence electrons. The molecule has 3 rings (SSSR count). The largest absolute Gasteiger partial charge is 0.0848 e. The van der Waals surface area contributed by atoms with Gasteiger partial charge in [-0.25, -0.2) is 0 Å². The zero-order valence-corrected chi connectivity index (χ0v) is 7.71. The van der Waals surface area contributed by atoms with E-state index in [9.17, 15) is 0 Å². The van der Waals surface area contributed by atoms with E-state index >= 15 is 0 Å². The molecule has 12 heavy (non-hydrogen) atoms. The molecule has 0 saturated heterocycles. The molecule has 0 heteroatoms. The van der Waals surface area contributed by atoms with E-state index in [1.165, 1.54) is 38.5 Å². The zero-order valence-electron chi connectivity index (χ0n) is 7.71. The smallest absolute Gasteiger partial charge is 0.0202 e. The van der Waals surface area contributed by atoms with Crippen molar-refractivity contribution >= 4 is 0 Å². The van der Waals surface area contributed by atoms with Crippen LogP contribution in [0, 0.1) is 23.7 Å². The van der Waals surface area contributed by atoms with E-state index in [1.54, 1.807) is 0 Å². The number of allylic oxidation sites excluding steroid dienone is 2. The van der Waals surface area contributed by atoms with Gasteiger partial charge in [0.25, 0.3) is 0 Å². The van der Waals surface area contributed by atoms with Gasteiger partial charge in [-0.3, -0.25) is 0 Å². The van der Waals surface area contributed by atoms with Gasteiger partial charge in [0.05, 0.1) is 0 Å². The molecule has 0 spiro atoms. The van der Waals surface area contributed by atoms with Crippen molar-refractivity contribution in [3.05, 3.63) is 12.2 Å². The Kier molecular flexibility index (Phi) is 1.56. The van der Waals surface area contributed by atoms with Crippen molar-refractivity contribution in [3.8, 4) is 0 Å². The summed E-state index contributed by atoms with van der Waals surface area (Å²) in [6.45, 7) is 0. The van der Waals surface area contributed by atoms with Gasteiger partial charge in [-0.2, -0.15) is 0 Å². The fourth-order valence-electron chi connectivity index (χ4n) is 3.86. The minimum atomic E-state index is 0.990. The zero-order chi connectivity index (χ0) is 7.97. The molecule has 0 aromatic heterocycles. The van der Waals surface area contributed by atoms with Gasteiger partial charge >= 0.3 is 0 Å². The van der Waals surface area contributed by atoms with E-state index in [-0.39, 0.29) is 0 Å². The Bertz CT molecular complexity index is 182. The van der Waals surface area contributed by atoms with Gasteiger partial charge in [0.2, 0.25) is 0 Å². The lowest BCUT2D eigenvalue weighted by atomic mass is 9.74. The van der Waals surface area contributed by atoms with Crippen LogP contribution in [0.15, 0.2) is 12.2 Å². The second-order valence-electron chi connectivity index (χ2n) is 4.90. The lowest BCUT2D eigenvalue weighted by Gasteiger charge is -2.31.